The SMILES string of the molecule is CC(=O)N[C@H]1[C@@H](OP(=O)(O)OP(=O)(O)OC/C=C(/C)CC/C=C(/C)CC/C=C(/C)CC/C=C(/C)CC/C=C(/C)CC/C=C(/C)CC/C=C(/C)CC/C=C(\C)CC/C=C(\C)CC/C=C(\C)CCC=C(C)C)O[C@H](C)[C@@H](NC(C)=O)[C@@H]1O[C@H]1O[C@H](CO)[C@H](O[C@H]2O[C@H](CO)[C@H](O)[C@H](O)[C@H]2O)[C@H](O)[C@H]1O. The molecule has 0 spiro atoms. The highest BCUT2D eigenvalue weighted by molar-refractivity contribution is 7.61. The molecular formula is C77H128N2O21P2. The molecular weight excluding hydrogens is 1350 g/mol. The highest BCUT2D eigenvalue weighted by atomic mass is 31.3. The number of hydrogen-bond donors (Lipinski definition) is 11. The second-order valence-corrected chi connectivity index (χ2v) is 31.4. The van der Waals surface area contributed by atoms with E-state index >= 15 is 0 Å². The van der Waals surface area contributed by atoms with E-state index in [0.29, 0.717) is 12.8 Å². The van der Waals surface area contributed by atoms with E-state index in [1.54, 1.807) is 6.92 Å². The molecule has 11 N–H and O–H groups in total. The number of carbonyl (C=O) groups excluding carboxylic acids is 2. The summed E-state index contributed by atoms with van der Waals surface area (Å²) in [5.74, 6) is -1.48. The first-order chi connectivity index (χ1) is 48.0. The number of carbonyl (C=O) groups is 2. The van der Waals surface area contributed by atoms with Crippen LogP contribution in [0.3, 0.4) is 0 Å². The number of rotatable bonds is 45. The third-order valence-electron chi connectivity index (χ3n) is 18.3. The van der Waals surface area contributed by atoms with Gasteiger partial charge in [0.25, 0.3) is 0 Å². The predicted molar refractivity (Wildman–Crippen MR) is 398 cm³/mol. The second kappa shape index (κ2) is 48.2. The Morgan fingerprint density at radius 2 is 0.696 bits per heavy atom. The molecule has 23 nitrogen and oxygen atoms in total. The van der Waals surface area contributed by atoms with Crippen LogP contribution < -0.4 is 10.6 Å². The van der Waals surface area contributed by atoms with E-state index in [1.807, 2.05) is 0 Å². The van der Waals surface area contributed by atoms with Gasteiger partial charge in [0, 0.05) is 13.8 Å². The Labute approximate surface area is 608 Å². The molecule has 0 aromatic rings. The molecule has 0 radical (unpaired) electrons. The zero-order valence-corrected chi connectivity index (χ0v) is 65.4. The molecule has 17 atom stereocenters. The van der Waals surface area contributed by atoms with Crippen molar-refractivity contribution >= 4 is 27.5 Å². The number of aliphatic hydroxyl groups is 7. The lowest BCUT2D eigenvalue weighted by Crippen LogP contribution is -2.70. The molecule has 3 heterocycles. The number of ether oxygens (including phenoxy) is 5. The Morgan fingerprint density at radius 3 is 1.04 bits per heavy atom. The highest BCUT2D eigenvalue weighted by Crippen LogP contribution is 2.61. The fraction of sp³-hybridized carbons (Fsp3) is 0.688. The Hall–Kier alpha value is -4.14. The summed E-state index contributed by atoms with van der Waals surface area (Å²) in [6, 6.07) is -3.03. The minimum absolute atomic E-state index is 0.497. The molecule has 25 heteroatoms. The van der Waals surface area contributed by atoms with Gasteiger partial charge in [0.2, 0.25) is 11.8 Å². The lowest BCUT2D eigenvalue weighted by atomic mass is 9.93. The summed E-state index contributed by atoms with van der Waals surface area (Å²) < 4.78 is 70.1. The lowest BCUT2D eigenvalue weighted by molar-refractivity contribution is -0.367. The third kappa shape index (κ3) is 36.4. The highest BCUT2D eigenvalue weighted by Gasteiger charge is 2.55. The van der Waals surface area contributed by atoms with E-state index in [9.17, 15) is 64.3 Å². The summed E-state index contributed by atoms with van der Waals surface area (Å²) >= 11 is 0. The van der Waals surface area contributed by atoms with E-state index in [-0.39, 0.29) is 0 Å². The van der Waals surface area contributed by atoms with Gasteiger partial charge in [-0.3, -0.25) is 18.6 Å². The van der Waals surface area contributed by atoms with Crippen LogP contribution in [0, 0.1) is 0 Å². The molecule has 2 unspecified atom stereocenters. The summed E-state index contributed by atoms with van der Waals surface area (Å²) in [6.07, 6.45) is 22.5. The molecule has 0 bridgehead atoms. The van der Waals surface area contributed by atoms with E-state index < -0.39 is 139 Å². The smallest absolute Gasteiger partial charge is 0.394 e. The van der Waals surface area contributed by atoms with Crippen molar-refractivity contribution in [1.82, 2.24) is 10.6 Å². The van der Waals surface area contributed by atoms with Crippen molar-refractivity contribution in [3.05, 3.63) is 128 Å². The minimum Gasteiger partial charge on any atom is -0.394 e. The van der Waals surface area contributed by atoms with Gasteiger partial charge in [-0.05, 0) is 218 Å². The topological polar surface area (TPSA) is 348 Å². The molecule has 3 fully saturated rings. The van der Waals surface area contributed by atoms with E-state index in [4.69, 9.17) is 32.7 Å². The number of phosphoric ester groups is 2. The van der Waals surface area contributed by atoms with Crippen molar-refractivity contribution in [1.29, 1.82) is 0 Å². The fourth-order valence-corrected chi connectivity index (χ4v) is 14.1. The summed E-state index contributed by atoms with van der Waals surface area (Å²) in [5.41, 5.74) is 15.1. The van der Waals surface area contributed by atoms with Crippen LogP contribution in [0.15, 0.2) is 128 Å². The first-order valence-corrected chi connectivity index (χ1v) is 39.4. The Morgan fingerprint density at radius 1 is 0.382 bits per heavy atom. The molecule has 3 aliphatic heterocycles. The van der Waals surface area contributed by atoms with Gasteiger partial charge in [0.05, 0.1) is 32.0 Å². The standard InChI is InChI=1S/C77H128N2O21P2/c1-50(2)26-16-27-51(3)28-17-29-52(4)30-18-31-53(5)32-19-33-54(6)34-20-35-55(7)36-21-37-56(8)38-22-39-57(9)40-23-41-58(10)42-24-43-59(11)44-25-45-60(12)46-47-93-101(89,90)100-102(91,92)99-75-67(79-63(15)83)74(66(61(13)94-75)78-62(14)82)98-77-72(88)70(86)73(65(49-81)96-77)97-76-71(87)69(85)68(84)64(48-80)95-76/h26,28,30,32,34,36,38,40,42,44,46,61,64-77,80-81,84-88H,16-25,27,29,31,33,35,37,39,41,43,45,47-49H2,1-15H3,(H,78,82)(H,79,83)(H,89,90)(H,91,92)/b51-28+,52-30+,53-32+,54-34-,55-36-,56-38-,57-40-,58-42-,59-44-,60-46-/t61-,64-,65-,66-,67-,68+,69+,70-,71-,72-,73+,74+,75-,76-,77-/m1/s1. The average Bonchev–Trinajstić information content (AvgIpc) is 0.772. The van der Waals surface area contributed by atoms with Gasteiger partial charge < -0.3 is 79.9 Å². The zero-order chi connectivity index (χ0) is 76.3. The number of hydrogen-bond acceptors (Lipinski definition) is 19. The van der Waals surface area contributed by atoms with Gasteiger partial charge in [0.1, 0.15) is 61.0 Å². The second-order valence-electron chi connectivity index (χ2n) is 28.4. The molecule has 3 saturated heterocycles. The average molecular weight is 1480 g/mol. The molecule has 0 saturated carbocycles. The fourth-order valence-electron chi connectivity index (χ4n) is 12.0. The van der Waals surface area contributed by atoms with Gasteiger partial charge in [-0.2, -0.15) is 4.31 Å². The number of nitrogens with one attached hydrogen (secondary N) is 2. The van der Waals surface area contributed by atoms with Crippen LogP contribution in [-0.2, 0) is 55.8 Å². The molecule has 3 aliphatic rings. The van der Waals surface area contributed by atoms with Gasteiger partial charge >= 0.3 is 15.6 Å². The number of allylic oxidation sites excluding steroid dienone is 21. The van der Waals surface area contributed by atoms with E-state index in [0.717, 1.165) is 135 Å². The van der Waals surface area contributed by atoms with Crippen molar-refractivity contribution in [2.45, 2.75) is 324 Å². The number of amides is 2. The molecule has 582 valence electrons. The van der Waals surface area contributed by atoms with Crippen LogP contribution in [0.2, 0.25) is 0 Å². The molecule has 102 heavy (non-hydrogen) atoms. The van der Waals surface area contributed by atoms with Crippen LogP contribution in [-0.4, -0.2) is 169 Å². The molecule has 2 amide bonds. The number of aliphatic hydroxyl groups excluding tert-OH is 7. The van der Waals surface area contributed by atoms with Crippen molar-refractivity contribution in [2.75, 3.05) is 19.8 Å². The van der Waals surface area contributed by atoms with E-state index in [1.165, 1.54) is 68.7 Å². The first kappa shape index (κ1) is 92.1. The van der Waals surface area contributed by atoms with Crippen molar-refractivity contribution in [2.24, 2.45) is 0 Å². The predicted octanol–water partition coefficient (Wildman–Crippen LogP) is 13.2. The Kier molecular flexibility index (Phi) is 43.5. The summed E-state index contributed by atoms with van der Waals surface area (Å²) in [5, 5.41) is 78.6. The number of phosphoric acid groups is 2. The van der Waals surface area contributed by atoms with Crippen LogP contribution in [0.4, 0.5) is 0 Å². The lowest BCUT2D eigenvalue weighted by Gasteiger charge is -2.49. The van der Waals surface area contributed by atoms with Crippen LogP contribution in [0.1, 0.15) is 232 Å². The molecule has 0 aliphatic carbocycles. The van der Waals surface area contributed by atoms with Gasteiger partial charge in [-0.25, -0.2) is 9.13 Å². The third-order valence-corrected chi connectivity index (χ3v) is 20.9. The first-order valence-electron chi connectivity index (χ1n) is 36.4. The normalized spacial score (nSPS) is 28.4. The van der Waals surface area contributed by atoms with Crippen LogP contribution in [0.25, 0.3) is 0 Å². The largest absolute Gasteiger partial charge is 0.483 e. The van der Waals surface area contributed by atoms with Gasteiger partial charge in [0.15, 0.2) is 18.9 Å². The quantitative estimate of drug-likeness (QED) is 0.0199. The summed E-state index contributed by atoms with van der Waals surface area (Å²) in [4.78, 5) is 46.6. The van der Waals surface area contributed by atoms with E-state index in [2.05, 4.69) is 152 Å². The zero-order valence-electron chi connectivity index (χ0n) is 63.6. The minimum atomic E-state index is -5.68. The van der Waals surface area contributed by atoms with Crippen molar-refractivity contribution < 1.29 is 101 Å². The van der Waals surface area contributed by atoms with Crippen molar-refractivity contribution in [3.8, 4) is 0 Å². The van der Waals surface area contributed by atoms with Crippen molar-refractivity contribution in [3.63, 3.8) is 0 Å². The summed E-state index contributed by atoms with van der Waals surface area (Å²) in [7, 11) is -11.0. The Bertz CT molecular complexity index is 3030. The van der Waals surface area contributed by atoms with Gasteiger partial charge in [-0.1, -0.05) is 128 Å². The Balaban J connectivity index is 1.39. The maximum Gasteiger partial charge on any atom is 0.483 e. The van der Waals surface area contributed by atoms with Crippen LogP contribution in [0.5, 0.6) is 0 Å². The monoisotopic (exact) mass is 1480 g/mol. The summed E-state index contributed by atoms with van der Waals surface area (Å²) in [6.45, 7) is 27.5. The molecule has 0 aromatic carbocycles. The molecule has 3 rings (SSSR count). The van der Waals surface area contributed by atoms with Crippen LogP contribution >= 0.6 is 15.6 Å². The molecule has 0 aromatic heterocycles. The maximum absolute atomic E-state index is 13.5. The van der Waals surface area contributed by atoms with Gasteiger partial charge in [-0.15, -0.1) is 0 Å². The maximum atomic E-state index is 13.5.